The van der Waals surface area contributed by atoms with E-state index < -0.39 is 6.10 Å². The van der Waals surface area contributed by atoms with Gasteiger partial charge in [-0.15, -0.1) is 0 Å². The van der Waals surface area contributed by atoms with Crippen LogP contribution in [0.1, 0.15) is 66.4 Å². The number of ketones is 1. The third-order valence-corrected chi connectivity index (χ3v) is 12.6. The smallest absolute Gasteiger partial charge is 0.238 e. The first-order valence-electron chi connectivity index (χ1n) is 21.6. The minimum atomic E-state index is -0.594. The summed E-state index contributed by atoms with van der Waals surface area (Å²) in [5.41, 5.74) is 5.20. The van der Waals surface area contributed by atoms with Gasteiger partial charge in [-0.1, -0.05) is 75.7 Å². The summed E-state index contributed by atoms with van der Waals surface area (Å²) in [6.07, 6.45) is 2.23. The Morgan fingerprint density at radius 2 is 1.48 bits per heavy atom. The number of carbonyl (C=O) groups is 2. The number of rotatable bonds is 20. The molecule has 1 fully saturated rings. The number of methoxy groups -OCH3 is 1. The second-order valence-corrected chi connectivity index (χ2v) is 17.8. The van der Waals surface area contributed by atoms with E-state index in [-0.39, 0.29) is 18.3 Å². The quantitative estimate of drug-likeness (QED) is 0.0578. The van der Waals surface area contributed by atoms with Crippen LogP contribution in [0.15, 0.2) is 83.3 Å². The van der Waals surface area contributed by atoms with E-state index in [1.54, 1.807) is 7.11 Å². The van der Waals surface area contributed by atoms with E-state index >= 15 is 0 Å². The number of furan rings is 1. The molecule has 0 spiro atoms. The molecule has 1 aromatic heterocycles. The van der Waals surface area contributed by atoms with Gasteiger partial charge in [-0.3, -0.25) is 19.4 Å². The fourth-order valence-electron chi connectivity index (χ4n) is 7.45. The second kappa shape index (κ2) is 24.9. The average Bonchev–Trinajstić information content (AvgIpc) is 3.64. The lowest BCUT2D eigenvalue weighted by molar-refractivity contribution is -0.117. The number of hydrogen-bond acceptors (Lipinski definition) is 10. The molecular weight excluding hydrogens is 1010 g/mol. The monoisotopic (exact) mass is 1070 g/mol. The summed E-state index contributed by atoms with van der Waals surface area (Å²) >= 11 is 4.54. The molecule has 0 saturated carbocycles. The summed E-state index contributed by atoms with van der Waals surface area (Å²) in [7, 11) is 1.60. The van der Waals surface area contributed by atoms with Crippen molar-refractivity contribution in [2.45, 2.75) is 60.0 Å². The van der Waals surface area contributed by atoms with Gasteiger partial charge in [0, 0.05) is 62.3 Å². The highest BCUT2D eigenvalue weighted by Gasteiger charge is 2.24. The summed E-state index contributed by atoms with van der Waals surface area (Å²) < 4.78 is 25.0. The van der Waals surface area contributed by atoms with Crippen molar-refractivity contribution in [1.82, 2.24) is 14.7 Å². The second-order valence-electron chi connectivity index (χ2n) is 15.5. The summed E-state index contributed by atoms with van der Waals surface area (Å²) in [4.78, 5) is 32.8. The van der Waals surface area contributed by atoms with Crippen molar-refractivity contribution in [2.24, 2.45) is 0 Å². The number of halogens is 2. The molecular formula is C49H62I2N4O7. The Balaban J connectivity index is 0.000000234. The number of benzene rings is 4. The largest absolute Gasteiger partial charge is 0.493 e. The molecule has 6 rings (SSSR count). The fraction of sp³-hybridized carbons (Fsp3) is 0.429. The van der Waals surface area contributed by atoms with Gasteiger partial charge in [-0.05, 0) is 120 Å². The first kappa shape index (κ1) is 49.3. The molecule has 0 aliphatic carbocycles. The van der Waals surface area contributed by atoms with Gasteiger partial charge in [0.1, 0.15) is 36.4 Å². The van der Waals surface area contributed by atoms with E-state index in [9.17, 15) is 14.7 Å². The van der Waals surface area contributed by atoms with Crippen LogP contribution in [-0.2, 0) is 11.2 Å². The van der Waals surface area contributed by atoms with Crippen molar-refractivity contribution < 1.29 is 33.3 Å². The van der Waals surface area contributed by atoms with Gasteiger partial charge in [0.15, 0.2) is 17.3 Å². The molecule has 5 aromatic rings. The molecule has 2 N–H and O–H groups in total. The van der Waals surface area contributed by atoms with Crippen LogP contribution in [0, 0.1) is 21.0 Å². The molecule has 1 saturated heterocycles. The van der Waals surface area contributed by atoms with Crippen LogP contribution in [0.5, 0.6) is 17.2 Å². The van der Waals surface area contributed by atoms with Crippen molar-refractivity contribution in [3.8, 4) is 17.2 Å². The third-order valence-electron chi connectivity index (χ3n) is 11.0. The van der Waals surface area contributed by atoms with Crippen molar-refractivity contribution >= 4 is 73.5 Å². The molecule has 1 amide bonds. The molecule has 11 nitrogen and oxygen atoms in total. The maximum Gasteiger partial charge on any atom is 0.238 e. The summed E-state index contributed by atoms with van der Waals surface area (Å²) in [6, 6.07) is 25.1. The maximum atomic E-state index is 13.6. The molecule has 2 heterocycles. The first-order valence-corrected chi connectivity index (χ1v) is 23.8. The lowest BCUT2D eigenvalue weighted by atomic mass is 9.98. The third kappa shape index (κ3) is 13.9. The Morgan fingerprint density at radius 3 is 2.13 bits per heavy atom. The number of nitrogens with zero attached hydrogens (tertiary/aromatic N) is 3. The Morgan fingerprint density at radius 1 is 0.855 bits per heavy atom. The van der Waals surface area contributed by atoms with Gasteiger partial charge in [0.2, 0.25) is 5.91 Å². The number of nitrogens with one attached hydrogen (secondary N) is 1. The fourth-order valence-corrected chi connectivity index (χ4v) is 9.53. The number of carbonyl (C=O) groups excluding carboxylic acids is 2. The van der Waals surface area contributed by atoms with Gasteiger partial charge >= 0.3 is 0 Å². The van der Waals surface area contributed by atoms with Crippen molar-refractivity contribution in [2.75, 3.05) is 84.5 Å². The molecule has 334 valence electrons. The first-order chi connectivity index (χ1) is 30.0. The average molecular weight is 1070 g/mol. The lowest BCUT2D eigenvalue weighted by Crippen LogP contribution is -2.50. The van der Waals surface area contributed by atoms with Crippen molar-refractivity contribution in [3.05, 3.63) is 114 Å². The molecule has 4 aromatic carbocycles. The van der Waals surface area contributed by atoms with Crippen molar-refractivity contribution in [3.63, 3.8) is 0 Å². The number of para-hydroxylation sites is 4. The number of aliphatic hydroxyl groups is 1. The minimum absolute atomic E-state index is 0.0103. The normalized spacial score (nSPS) is 13.7. The number of fused-ring (bicyclic) bond motifs is 1. The zero-order chi connectivity index (χ0) is 44.6. The zero-order valence-electron chi connectivity index (χ0n) is 37.0. The number of likely N-dealkylation sites (N-methyl/N-ethyl adjacent to an activating group) is 1. The minimum Gasteiger partial charge on any atom is -0.493 e. The van der Waals surface area contributed by atoms with E-state index in [4.69, 9.17) is 18.6 Å². The van der Waals surface area contributed by atoms with Gasteiger partial charge in [0.05, 0.1) is 26.4 Å². The predicted octanol–water partition coefficient (Wildman–Crippen LogP) is 9.24. The number of aryl methyl sites for hydroxylation is 3. The van der Waals surface area contributed by atoms with Crippen LogP contribution >= 0.6 is 45.2 Å². The number of piperazine rings is 1. The highest BCUT2D eigenvalue weighted by atomic mass is 127. The molecule has 1 atom stereocenters. The molecule has 13 heteroatoms. The van der Waals surface area contributed by atoms with Crippen LogP contribution < -0.4 is 19.5 Å². The van der Waals surface area contributed by atoms with Gasteiger partial charge < -0.3 is 34.0 Å². The SMILES string of the molecule is CCCCc1oc2ccccc2c1C(=O)c1cc(I)c(OCCN(CC)CC)c(I)c1.COc1ccccc1OCC(O)CN1CCN(CC(=O)Nc2c(C)cccc2C)CC1. The number of hydrogen-bond donors (Lipinski definition) is 2. The van der Waals surface area contributed by atoms with E-state index in [0.717, 1.165) is 112 Å². The number of aliphatic hydroxyl groups excluding tert-OH is 1. The van der Waals surface area contributed by atoms with Crippen LogP contribution in [-0.4, -0.2) is 117 Å². The Kier molecular flexibility index (Phi) is 19.8. The van der Waals surface area contributed by atoms with Crippen LogP contribution in [0.3, 0.4) is 0 Å². The van der Waals surface area contributed by atoms with Gasteiger partial charge in [0.25, 0.3) is 0 Å². The summed E-state index contributed by atoms with van der Waals surface area (Å²) in [5.74, 6) is 2.95. The number of amides is 1. The Hall–Kier alpha value is -3.74. The molecule has 1 aliphatic rings. The van der Waals surface area contributed by atoms with Crippen LogP contribution in [0.25, 0.3) is 11.0 Å². The number of β-amino-alcohol motifs (C(OH)–C–C–N with tert-alkyl or cyclic N) is 1. The number of unbranched alkanes of at least 4 members (excludes halogenated alkanes) is 1. The number of ether oxygens (including phenoxy) is 3. The van der Waals surface area contributed by atoms with E-state index in [1.165, 1.54) is 0 Å². The van der Waals surface area contributed by atoms with E-state index in [2.05, 4.69) is 86.0 Å². The van der Waals surface area contributed by atoms with E-state index in [1.807, 2.05) is 92.7 Å². The highest BCUT2D eigenvalue weighted by molar-refractivity contribution is 14.1. The molecule has 1 unspecified atom stereocenters. The highest BCUT2D eigenvalue weighted by Crippen LogP contribution is 2.34. The summed E-state index contributed by atoms with van der Waals surface area (Å²) in [6.45, 7) is 18.3. The number of anilines is 1. The molecule has 62 heavy (non-hydrogen) atoms. The zero-order valence-corrected chi connectivity index (χ0v) is 41.3. The topological polar surface area (TPSA) is 117 Å². The lowest BCUT2D eigenvalue weighted by Gasteiger charge is -2.35. The Bertz CT molecular complexity index is 2170. The van der Waals surface area contributed by atoms with Crippen LogP contribution in [0.4, 0.5) is 5.69 Å². The standard InChI is InChI=1S/C25H29I2NO3.C24H33N3O4/c1-4-7-11-22-23(18-10-8-9-12-21(18)31-22)24(29)17-15-19(26)25(20(27)16-17)30-14-13-28(5-2)6-3;1-18-7-6-8-19(2)24(18)25-23(29)16-27-13-11-26(12-14-27)15-20(28)17-31-22-10-5-4-9-21(22)30-3/h8-10,12,15-16H,4-7,11,13-14H2,1-3H3;4-10,20,28H,11-17H2,1-3H3,(H,25,29). The predicted molar refractivity (Wildman–Crippen MR) is 265 cm³/mol. The molecule has 1 aliphatic heterocycles. The van der Waals surface area contributed by atoms with E-state index in [0.29, 0.717) is 42.3 Å². The van der Waals surface area contributed by atoms with Crippen LogP contribution in [0.2, 0.25) is 0 Å². The maximum absolute atomic E-state index is 13.6. The summed E-state index contributed by atoms with van der Waals surface area (Å²) in [5, 5.41) is 14.3. The van der Waals surface area contributed by atoms with Crippen molar-refractivity contribution in [1.29, 1.82) is 0 Å². The van der Waals surface area contributed by atoms with Gasteiger partial charge in [-0.25, -0.2) is 0 Å². The molecule has 0 bridgehead atoms. The molecule has 0 radical (unpaired) electrons. The van der Waals surface area contributed by atoms with Gasteiger partial charge in [-0.2, -0.15) is 0 Å². The Labute approximate surface area is 394 Å².